The highest BCUT2D eigenvalue weighted by molar-refractivity contribution is 7.85. The number of piperazine rings is 1. The highest BCUT2D eigenvalue weighted by Gasteiger charge is 2.18. The molecule has 1 aromatic rings. The van der Waals surface area contributed by atoms with E-state index in [2.05, 4.69) is 45.0 Å². The zero-order valence-electron chi connectivity index (χ0n) is 15.9. The van der Waals surface area contributed by atoms with Gasteiger partial charge in [-0.3, -0.25) is 9.08 Å². The molecular weight excluding hydrogens is 366 g/mol. The van der Waals surface area contributed by atoms with Crippen LogP contribution in [0.25, 0.3) is 0 Å². The van der Waals surface area contributed by atoms with E-state index in [-0.39, 0.29) is 6.61 Å². The standard InChI is InChI=1S/C19H29N3O4S/c1-27(23,24)26-16-19-15-22(17-25-19)9-5-8-20-10-12-21(13-11-20)14-18-6-3-2-4-7-18/h2-4,6-7,15H,5,8-14,16-17H2,1H3. The second-order valence-corrected chi connectivity index (χ2v) is 8.75. The van der Waals surface area contributed by atoms with E-state index in [1.165, 1.54) is 5.56 Å². The molecule has 0 saturated carbocycles. The Labute approximate surface area is 162 Å². The van der Waals surface area contributed by atoms with E-state index >= 15 is 0 Å². The second kappa shape index (κ2) is 9.54. The van der Waals surface area contributed by atoms with E-state index < -0.39 is 10.1 Å². The maximum Gasteiger partial charge on any atom is 0.264 e. The Balaban J connectivity index is 1.30. The smallest absolute Gasteiger partial charge is 0.264 e. The maximum absolute atomic E-state index is 11.0. The Morgan fingerprint density at radius 1 is 1.04 bits per heavy atom. The Morgan fingerprint density at radius 2 is 1.74 bits per heavy atom. The SMILES string of the molecule is CS(=O)(=O)OCC1=CN(CCCN2CCN(Cc3ccccc3)CC2)CO1. The Hall–Kier alpha value is -1.61. The maximum atomic E-state index is 11.0. The van der Waals surface area contributed by atoms with E-state index in [0.29, 0.717) is 12.5 Å². The monoisotopic (exact) mass is 395 g/mol. The molecule has 0 N–H and O–H groups in total. The van der Waals surface area contributed by atoms with Crippen molar-refractivity contribution in [2.75, 3.05) is 58.9 Å². The fraction of sp³-hybridized carbons (Fsp3) is 0.579. The van der Waals surface area contributed by atoms with Crippen molar-refractivity contribution in [2.24, 2.45) is 0 Å². The zero-order chi connectivity index (χ0) is 19.1. The first-order chi connectivity index (χ1) is 13.0. The van der Waals surface area contributed by atoms with Crippen LogP contribution in [0.4, 0.5) is 0 Å². The van der Waals surface area contributed by atoms with E-state index in [1.54, 1.807) is 0 Å². The van der Waals surface area contributed by atoms with Crippen LogP contribution in [0.2, 0.25) is 0 Å². The lowest BCUT2D eigenvalue weighted by Gasteiger charge is -2.35. The topological polar surface area (TPSA) is 62.3 Å². The quantitative estimate of drug-likeness (QED) is 0.584. The summed E-state index contributed by atoms with van der Waals surface area (Å²) in [5.41, 5.74) is 1.38. The fourth-order valence-electron chi connectivity index (χ4n) is 3.33. The molecule has 0 radical (unpaired) electrons. The van der Waals surface area contributed by atoms with Gasteiger partial charge in [-0.15, -0.1) is 0 Å². The predicted octanol–water partition coefficient (Wildman–Crippen LogP) is 1.30. The normalized spacial score (nSPS) is 19.1. The molecule has 3 rings (SSSR count). The molecule has 2 aliphatic heterocycles. The third-order valence-electron chi connectivity index (χ3n) is 4.79. The summed E-state index contributed by atoms with van der Waals surface area (Å²) >= 11 is 0. The van der Waals surface area contributed by atoms with E-state index in [1.807, 2.05) is 6.20 Å². The molecule has 0 aliphatic carbocycles. The molecule has 0 atom stereocenters. The second-order valence-electron chi connectivity index (χ2n) is 7.10. The van der Waals surface area contributed by atoms with Crippen molar-refractivity contribution < 1.29 is 17.3 Å². The summed E-state index contributed by atoms with van der Waals surface area (Å²) < 4.78 is 32.2. The average molecular weight is 396 g/mol. The molecule has 0 bridgehead atoms. The third kappa shape index (κ3) is 7.14. The number of hydrogen-bond acceptors (Lipinski definition) is 7. The number of hydrogen-bond donors (Lipinski definition) is 0. The lowest BCUT2D eigenvalue weighted by Crippen LogP contribution is -2.46. The number of nitrogens with zero attached hydrogens (tertiary/aromatic N) is 3. The van der Waals surface area contributed by atoms with Gasteiger partial charge in [0.2, 0.25) is 0 Å². The van der Waals surface area contributed by atoms with Gasteiger partial charge in [0.1, 0.15) is 12.4 Å². The van der Waals surface area contributed by atoms with Crippen molar-refractivity contribution in [1.82, 2.24) is 14.7 Å². The van der Waals surface area contributed by atoms with Crippen LogP contribution in [0.3, 0.4) is 0 Å². The summed E-state index contributed by atoms with van der Waals surface area (Å²) in [4.78, 5) is 7.08. The molecule has 7 nitrogen and oxygen atoms in total. The number of ether oxygens (including phenoxy) is 1. The van der Waals surface area contributed by atoms with Crippen molar-refractivity contribution in [3.8, 4) is 0 Å². The molecular formula is C19H29N3O4S. The van der Waals surface area contributed by atoms with Gasteiger partial charge in [0.05, 0.1) is 6.26 Å². The van der Waals surface area contributed by atoms with Crippen molar-refractivity contribution >= 4 is 10.1 Å². The van der Waals surface area contributed by atoms with E-state index in [4.69, 9.17) is 8.92 Å². The zero-order valence-corrected chi connectivity index (χ0v) is 16.7. The van der Waals surface area contributed by atoms with E-state index in [9.17, 15) is 8.42 Å². The van der Waals surface area contributed by atoms with Gasteiger partial charge in [-0.25, -0.2) is 0 Å². The van der Waals surface area contributed by atoms with Crippen LogP contribution in [0.5, 0.6) is 0 Å². The molecule has 0 aromatic heterocycles. The van der Waals surface area contributed by atoms with Crippen molar-refractivity contribution in [3.05, 3.63) is 47.9 Å². The molecule has 0 unspecified atom stereocenters. The lowest BCUT2D eigenvalue weighted by atomic mass is 10.2. The van der Waals surface area contributed by atoms with Crippen LogP contribution in [0.15, 0.2) is 42.3 Å². The third-order valence-corrected chi connectivity index (χ3v) is 5.34. The number of benzene rings is 1. The minimum absolute atomic E-state index is 0.0291. The molecule has 0 spiro atoms. The van der Waals surface area contributed by atoms with Gasteiger partial charge >= 0.3 is 0 Å². The molecule has 1 fully saturated rings. The molecule has 1 saturated heterocycles. The molecule has 1 aromatic carbocycles. The first-order valence-corrected chi connectivity index (χ1v) is 11.2. The summed E-state index contributed by atoms with van der Waals surface area (Å²) in [7, 11) is -3.44. The van der Waals surface area contributed by atoms with Crippen LogP contribution in [-0.4, -0.2) is 82.0 Å². The van der Waals surface area contributed by atoms with Crippen LogP contribution >= 0.6 is 0 Å². The molecule has 2 heterocycles. The molecule has 27 heavy (non-hydrogen) atoms. The summed E-state index contributed by atoms with van der Waals surface area (Å²) in [6, 6.07) is 10.6. The average Bonchev–Trinajstić information content (AvgIpc) is 3.10. The minimum atomic E-state index is -3.44. The molecule has 2 aliphatic rings. The van der Waals surface area contributed by atoms with Crippen LogP contribution in [0.1, 0.15) is 12.0 Å². The van der Waals surface area contributed by atoms with Gasteiger partial charge in [-0.05, 0) is 18.5 Å². The molecule has 8 heteroatoms. The van der Waals surface area contributed by atoms with Crippen LogP contribution in [-0.2, 0) is 25.6 Å². The Bertz CT molecular complexity index is 716. The number of rotatable bonds is 9. The highest BCUT2D eigenvalue weighted by atomic mass is 32.2. The summed E-state index contributed by atoms with van der Waals surface area (Å²) in [6.07, 6.45) is 3.95. The Morgan fingerprint density at radius 3 is 2.44 bits per heavy atom. The van der Waals surface area contributed by atoms with Crippen molar-refractivity contribution in [3.63, 3.8) is 0 Å². The van der Waals surface area contributed by atoms with Gasteiger partial charge in [-0.2, -0.15) is 8.42 Å². The van der Waals surface area contributed by atoms with Gasteiger partial charge in [-0.1, -0.05) is 30.3 Å². The first-order valence-electron chi connectivity index (χ1n) is 9.38. The fourth-order valence-corrected chi connectivity index (χ4v) is 3.66. The van der Waals surface area contributed by atoms with Crippen molar-refractivity contribution in [1.29, 1.82) is 0 Å². The largest absolute Gasteiger partial charge is 0.473 e. The van der Waals surface area contributed by atoms with E-state index in [0.717, 1.165) is 58.5 Å². The van der Waals surface area contributed by atoms with Gasteiger partial charge in [0, 0.05) is 45.5 Å². The summed E-state index contributed by atoms with van der Waals surface area (Å²) in [5, 5.41) is 0. The minimum Gasteiger partial charge on any atom is -0.473 e. The highest BCUT2D eigenvalue weighted by Crippen LogP contribution is 2.13. The lowest BCUT2D eigenvalue weighted by molar-refractivity contribution is 0.113. The van der Waals surface area contributed by atoms with Gasteiger partial charge in [0.15, 0.2) is 6.73 Å². The molecule has 150 valence electrons. The van der Waals surface area contributed by atoms with Crippen LogP contribution < -0.4 is 0 Å². The summed E-state index contributed by atoms with van der Waals surface area (Å²) in [5.74, 6) is 0.565. The molecule has 0 amide bonds. The van der Waals surface area contributed by atoms with Gasteiger partial charge < -0.3 is 14.5 Å². The first kappa shape index (κ1) is 20.1. The summed E-state index contributed by atoms with van der Waals surface area (Å²) in [6.45, 7) is 7.85. The predicted molar refractivity (Wildman–Crippen MR) is 104 cm³/mol. The van der Waals surface area contributed by atoms with Crippen LogP contribution in [0, 0.1) is 0 Å². The Kier molecular flexibility index (Phi) is 7.12. The van der Waals surface area contributed by atoms with Gasteiger partial charge in [0.25, 0.3) is 10.1 Å². The van der Waals surface area contributed by atoms with Crippen molar-refractivity contribution in [2.45, 2.75) is 13.0 Å².